The van der Waals surface area contributed by atoms with Gasteiger partial charge in [0.25, 0.3) is 0 Å². The number of aryl methyl sites for hydroxylation is 1. The van der Waals surface area contributed by atoms with Crippen LogP contribution in [-0.4, -0.2) is 16.3 Å². The largest absolute Gasteiger partial charge is 0.305 e. The van der Waals surface area contributed by atoms with Gasteiger partial charge in [-0.3, -0.25) is 4.68 Å². The highest BCUT2D eigenvalue weighted by Gasteiger charge is 2.21. The molecule has 0 fully saturated rings. The quantitative estimate of drug-likeness (QED) is 0.879. The van der Waals surface area contributed by atoms with Gasteiger partial charge in [-0.2, -0.15) is 5.10 Å². The summed E-state index contributed by atoms with van der Waals surface area (Å²) in [7, 11) is 0. The Hall–Kier alpha value is -1.39. The second-order valence-electron chi connectivity index (χ2n) is 4.61. The zero-order chi connectivity index (χ0) is 14.5. The summed E-state index contributed by atoms with van der Waals surface area (Å²) in [5.74, 6) is -0.371. The van der Waals surface area contributed by atoms with E-state index in [0.29, 0.717) is 5.56 Å². The molecule has 0 aliphatic carbocycles. The van der Waals surface area contributed by atoms with Gasteiger partial charge in [-0.15, -0.1) is 0 Å². The van der Waals surface area contributed by atoms with E-state index in [0.717, 1.165) is 25.2 Å². The molecule has 2 aromatic rings. The van der Waals surface area contributed by atoms with E-state index in [1.54, 1.807) is 24.4 Å². The van der Waals surface area contributed by atoms with Crippen LogP contribution >= 0.6 is 11.6 Å². The zero-order valence-electron chi connectivity index (χ0n) is 11.7. The highest BCUT2D eigenvalue weighted by atomic mass is 35.5. The number of aromatic nitrogens is 2. The molecule has 1 unspecified atom stereocenters. The molecule has 108 valence electrons. The van der Waals surface area contributed by atoms with Crippen molar-refractivity contribution < 1.29 is 4.39 Å². The van der Waals surface area contributed by atoms with Gasteiger partial charge < -0.3 is 5.32 Å². The van der Waals surface area contributed by atoms with Gasteiger partial charge in [0.05, 0.1) is 16.8 Å². The molecule has 20 heavy (non-hydrogen) atoms. The van der Waals surface area contributed by atoms with Crippen LogP contribution in [0.3, 0.4) is 0 Å². The van der Waals surface area contributed by atoms with Crippen LogP contribution in [0.25, 0.3) is 0 Å². The number of benzene rings is 1. The summed E-state index contributed by atoms with van der Waals surface area (Å²) >= 11 is 5.90. The highest BCUT2D eigenvalue weighted by molar-refractivity contribution is 6.30. The van der Waals surface area contributed by atoms with Crippen molar-refractivity contribution >= 4 is 11.6 Å². The van der Waals surface area contributed by atoms with E-state index in [9.17, 15) is 4.39 Å². The number of hydrogen-bond donors (Lipinski definition) is 1. The molecule has 1 aromatic carbocycles. The molecule has 2 rings (SSSR count). The Bertz CT molecular complexity index is 568. The molecule has 1 heterocycles. The van der Waals surface area contributed by atoms with E-state index in [-0.39, 0.29) is 16.9 Å². The zero-order valence-corrected chi connectivity index (χ0v) is 12.5. The van der Waals surface area contributed by atoms with Gasteiger partial charge in [-0.25, -0.2) is 4.39 Å². The van der Waals surface area contributed by atoms with Crippen molar-refractivity contribution in [2.45, 2.75) is 32.9 Å². The Balaban J connectivity index is 2.45. The minimum Gasteiger partial charge on any atom is -0.305 e. The molecular formula is C15H19ClFN3. The van der Waals surface area contributed by atoms with Crippen molar-refractivity contribution in [1.82, 2.24) is 15.1 Å². The second kappa shape index (κ2) is 6.86. The molecule has 0 amide bonds. The maximum atomic E-state index is 14.3. The van der Waals surface area contributed by atoms with E-state index < -0.39 is 0 Å². The fourth-order valence-corrected chi connectivity index (χ4v) is 2.49. The molecule has 1 N–H and O–H groups in total. The van der Waals surface area contributed by atoms with Gasteiger partial charge in [0.15, 0.2) is 0 Å². The minimum absolute atomic E-state index is 0.145. The maximum absolute atomic E-state index is 14.3. The number of nitrogens with zero attached hydrogens (tertiary/aromatic N) is 2. The lowest BCUT2D eigenvalue weighted by molar-refractivity contribution is 0.502. The second-order valence-corrected chi connectivity index (χ2v) is 5.02. The van der Waals surface area contributed by atoms with Crippen LogP contribution < -0.4 is 5.32 Å². The summed E-state index contributed by atoms with van der Waals surface area (Å²) in [6.07, 6.45) is 2.73. The van der Waals surface area contributed by atoms with Crippen molar-refractivity contribution in [1.29, 1.82) is 0 Å². The summed E-state index contributed by atoms with van der Waals surface area (Å²) in [6.45, 7) is 5.63. The predicted octanol–water partition coefficient (Wildman–Crippen LogP) is 3.78. The summed E-state index contributed by atoms with van der Waals surface area (Å²) in [5, 5.41) is 7.76. The van der Waals surface area contributed by atoms with Gasteiger partial charge >= 0.3 is 0 Å². The first-order chi connectivity index (χ1) is 9.69. The van der Waals surface area contributed by atoms with Crippen LogP contribution in [0.5, 0.6) is 0 Å². The van der Waals surface area contributed by atoms with E-state index in [4.69, 9.17) is 11.6 Å². The normalized spacial score (nSPS) is 12.6. The molecule has 5 heteroatoms. The average molecular weight is 296 g/mol. The Kier molecular flexibility index (Phi) is 5.15. The molecule has 0 radical (unpaired) electrons. The van der Waals surface area contributed by atoms with Crippen molar-refractivity contribution in [2.24, 2.45) is 0 Å². The van der Waals surface area contributed by atoms with Gasteiger partial charge in [0, 0.05) is 18.3 Å². The summed E-state index contributed by atoms with van der Waals surface area (Å²) < 4.78 is 16.2. The van der Waals surface area contributed by atoms with Crippen molar-refractivity contribution in [2.75, 3.05) is 6.54 Å². The van der Waals surface area contributed by atoms with E-state index in [1.165, 1.54) is 0 Å². The fraction of sp³-hybridized carbons (Fsp3) is 0.400. The van der Waals surface area contributed by atoms with Crippen molar-refractivity contribution in [3.05, 3.63) is 52.6 Å². The van der Waals surface area contributed by atoms with Crippen molar-refractivity contribution in [3.63, 3.8) is 0 Å². The molecular weight excluding hydrogens is 277 g/mol. The molecule has 0 aliphatic rings. The average Bonchev–Trinajstić information content (AvgIpc) is 2.88. The first kappa shape index (κ1) is 15.0. The van der Waals surface area contributed by atoms with Crippen LogP contribution in [0.1, 0.15) is 37.6 Å². The SMILES string of the molecule is CCCn1nccc1C(NCC)c1cccc(Cl)c1F. The van der Waals surface area contributed by atoms with Crippen LogP contribution in [0.15, 0.2) is 30.5 Å². The van der Waals surface area contributed by atoms with Gasteiger partial charge in [0.1, 0.15) is 5.82 Å². The number of nitrogens with one attached hydrogen (secondary N) is 1. The Morgan fingerprint density at radius 2 is 2.15 bits per heavy atom. The Morgan fingerprint density at radius 1 is 1.35 bits per heavy atom. The molecule has 1 atom stereocenters. The Labute approximate surface area is 123 Å². The first-order valence-electron chi connectivity index (χ1n) is 6.88. The van der Waals surface area contributed by atoms with Crippen molar-refractivity contribution in [3.8, 4) is 0 Å². The van der Waals surface area contributed by atoms with E-state index in [2.05, 4.69) is 17.3 Å². The topological polar surface area (TPSA) is 29.9 Å². The third-order valence-corrected chi connectivity index (χ3v) is 3.47. The lowest BCUT2D eigenvalue weighted by Gasteiger charge is -2.20. The number of hydrogen-bond acceptors (Lipinski definition) is 2. The molecule has 3 nitrogen and oxygen atoms in total. The lowest BCUT2D eigenvalue weighted by Crippen LogP contribution is -2.26. The summed E-state index contributed by atoms with van der Waals surface area (Å²) in [5.41, 5.74) is 1.51. The van der Waals surface area contributed by atoms with Gasteiger partial charge in [-0.05, 0) is 25.1 Å². The molecule has 0 spiro atoms. The Morgan fingerprint density at radius 3 is 2.85 bits per heavy atom. The molecule has 0 bridgehead atoms. The maximum Gasteiger partial charge on any atom is 0.146 e. The molecule has 0 saturated carbocycles. The fourth-order valence-electron chi connectivity index (χ4n) is 2.31. The van der Waals surface area contributed by atoms with E-state index >= 15 is 0 Å². The molecule has 1 aromatic heterocycles. The number of halogens is 2. The smallest absolute Gasteiger partial charge is 0.146 e. The third kappa shape index (κ3) is 3.02. The summed E-state index contributed by atoms with van der Waals surface area (Å²) in [4.78, 5) is 0. The van der Waals surface area contributed by atoms with Gasteiger partial charge in [-0.1, -0.05) is 37.6 Å². The summed E-state index contributed by atoms with van der Waals surface area (Å²) in [6, 6.07) is 6.77. The highest BCUT2D eigenvalue weighted by Crippen LogP contribution is 2.28. The minimum atomic E-state index is -0.371. The molecule has 0 saturated heterocycles. The predicted molar refractivity (Wildman–Crippen MR) is 79.4 cm³/mol. The van der Waals surface area contributed by atoms with Crippen LogP contribution in [0, 0.1) is 5.82 Å². The lowest BCUT2D eigenvalue weighted by atomic mass is 10.0. The van der Waals surface area contributed by atoms with E-state index in [1.807, 2.05) is 17.7 Å². The monoisotopic (exact) mass is 295 g/mol. The standard InChI is InChI=1S/C15H19ClFN3/c1-3-10-20-13(8-9-19-20)15(18-4-2)11-6-5-7-12(16)14(11)17/h5-9,15,18H,3-4,10H2,1-2H3. The van der Waals surface area contributed by atoms with Gasteiger partial charge in [0.2, 0.25) is 0 Å². The van der Waals surface area contributed by atoms with Crippen LogP contribution in [0.2, 0.25) is 5.02 Å². The number of rotatable bonds is 6. The first-order valence-corrected chi connectivity index (χ1v) is 7.25. The van der Waals surface area contributed by atoms with Crippen LogP contribution in [0.4, 0.5) is 4.39 Å². The van der Waals surface area contributed by atoms with Crippen LogP contribution in [-0.2, 0) is 6.54 Å². The molecule has 0 aliphatic heterocycles. The third-order valence-electron chi connectivity index (χ3n) is 3.18.